The molecule has 0 aromatic heterocycles. The van der Waals surface area contributed by atoms with Gasteiger partial charge in [0.05, 0.1) is 24.8 Å². The topological polar surface area (TPSA) is 87.1 Å². The first kappa shape index (κ1) is 27.2. The highest BCUT2D eigenvalue weighted by Crippen LogP contribution is 2.30. The smallest absolute Gasteiger partial charge is 0.416 e. The maximum absolute atomic E-state index is 13.2. The number of para-hydroxylation sites is 1. The summed E-state index contributed by atoms with van der Waals surface area (Å²) in [6.07, 6.45) is -5.13. The number of benzene rings is 2. The van der Waals surface area contributed by atoms with Crippen molar-refractivity contribution in [1.29, 1.82) is 0 Å². The highest BCUT2D eigenvalue weighted by Gasteiger charge is 2.38. The number of hydrogen-bond acceptors (Lipinski definition) is 5. The fourth-order valence-electron chi connectivity index (χ4n) is 4.22. The number of carbonyl (C=O) groups excluding carboxylic acids is 3. The molecule has 0 spiro atoms. The molecular weight excluding hydrogens is 477 g/mol. The predicted molar refractivity (Wildman–Crippen MR) is 126 cm³/mol. The summed E-state index contributed by atoms with van der Waals surface area (Å²) in [6.45, 7) is 2.13. The number of amides is 2. The van der Waals surface area contributed by atoms with Crippen LogP contribution in [0.1, 0.15) is 43.7 Å². The monoisotopic (exact) mass is 506 g/mol. The first-order chi connectivity index (χ1) is 17.1. The number of rotatable bonds is 9. The molecule has 1 aliphatic rings. The van der Waals surface area contributed by atoms with E-state index in [-0.39, 0.29) is 37.8 Å². The first-order valence-corrected chi connectivity index (χ1v) is 11.8. The van der Waals surface area contributed by atoms with Crippen molar-refractivity contribution in [2.75, 3.05) is 18.1 Å². The van der Waals surface area contributed by atoms with E-state index in [0.29, 0.717) is 30.6 Å². The van der Waals surface area contributed by atoms with Gasteiger partial charge in [0.15, 0.2) is 6.10 Å². The summed E-state index contributed by atoms with van der Waals surface area (Å²) in [5, 5.41) is 10.3. The molecule has 3 rings (SSSR count). The van der Waals surface area contributed by atoms with Crippen LogP contribution in [0.25, 0.3) is 0 Å². The Kier molecular flexibility index (Phi) is 9.08. The van der Waals surface area contributed by atoms with Gasteiger partial charge in [-0.05, 0) is 49.6 Å². The second-order valence-electron chi connectivity index (χ2n) is 8.50. The number of aliphatic hydroxyl groups is 1. The van der Waals surface area contributed by atoms with Crippen molar-refractivity contribution in [3.63, 3.8) is 0 Å². The number of anilines is 1. The Bertz CT molecular complexity index is 1040. The Hall–Kier alpha value is -3.40. The van der Waals surface area contributed by atoms with Crippen molar-refractivity contribution in [3.8, 4) is 0 Å². The van der Waals surface area contributed by atoms with E-state index in [1.807, 2.05) is 0 Å². The van der Waals surface area contributed by atoms with Gasteiger partial charge in [-0.2, -0.15) is 13.2 Å². The van der Waals surface area contributed by atoms with Crippen molar-refractivity contribution in [2.24, 2.45) is 0 Å². The molecule has 2 aromatic rings. The number of hydrogen-bond donors (Lipinski definition) is 1. The molecule has 7 nitrogen and oxygen atoms in total. The lowest BCUT2D eigenvalue weighted by Crippen LogP contribution is -2.47. The van der Waals surface area contributed by atoms with E-state index in [0.717, 1.165) is 12.1 Å². The summed E-state index contributed by atoms with van der Waals surface area (Å²) in [7, 11) is 0. The number of ether oxygens (including phenoxy) is 1. The molecule has 0 aliphatic carbocycles. The molecule has 36 heavy (non-hydrogen) atoms. The molecule has 1 unspecified atom stereocenters. The third kappa shape index (κ3) is 6.84. The Balaban J connectivity index is 1.68. The molecule has 0 bridgehead atoms. The van der Waals surface area contributed by atoms with Gasteiger partial charge in [0.25, 0.3) is 0 Å². The van der Waals surface area contributed by atoms with Crippen LogP contribution in [0.5, 0.6) is 0 Å². The summed E-state index contributed by atoms with van der Waals surface area (Å²) in [5.41, 5.74) is 0.273. The average molecular weight is 507 g/mol. The van der Waals surface area contributed by atoms with Crippen LogP contribution in [0.2, 0.25) is 0 Å². The van der Waals surface area contributed by atoms with E-state index >= 15 is 0 Å². The summed E-state index contributed by atoms with van der Waals surface area (Å²) in [5.74, 6) is -1.53. The third-order valence-corrected chi connectivity index (χ3v) is 6.06. The van der Waals surface area contributed by atoms with Gasteiger partial charge >= 0.3 is 12.1 Å². The van der Waals surface area contributed by atoms with Gasteiger partial charge in [-0.15, -0.1) is 0 Å². The van der Waals surface area contributed by atoms with Crippen LogP contribution in [-0.4, -0.2) is 53.1 Å². The number of halogens is 3. The largest absolute Gasteiger partial charge is 0.464 e. The average Bonchev–Trinajstić information content (AvgIpc) is 3.35. The van der Waals surface area contributed by atoms with Crippen molar-refractivity contribution in [1.82, 2.24) is 4.90 Å². The number of nitrogens with zero attached hydrogens (tertiary/aromatic N) is 2. The SMILES string of the molecule is CCOC(=O)C(O)[C@@H]1CCCN1C(=O)CCC(=O)N(Cc1ccc(C(F)(F)F)cc1)c1ccccc1. The minimum absolute atomic E-state index is 0.0308. The Morgan fingerprint density at radius 3 is 2.36 bits per heavy atom. The molecular formula is C26H29F3N2O5. The lowest BCUT2D eigenvalue weighted by Gasteiger charge is -2.28. The summed E-state index contributed by atoms with van der Waals surface area (Å²) in [6, 6.07) is 12.5. The second-order valence-corrected chi connectivity index (χ2v) is 8.50. The van der Waals surface area contributed by atoms with Crippen LogP contribution < -0.4 is 4.90 Å². The van der Waals surface area contributed by atoms with Crippen LogP contribution >= 0.6 is 0 Å². The molecule has 1 fully saturated rings. The molecule has 194 valence electrons. The number of carbonyl (C=O) groups is 3. The van der Waals surface area contributed by atoms with Crippen molar-refractivity contribution < 1.29 is 37.4 Å². The van der Waals surface area contributed by atoms with E-state index in [9.17, 15) is 32.7 Å². The summed E-state index contributed by atoms with van der Waals surface area (Å²) in [4.78, 5) is 40.8. The van der Waals surface area contributed by atoms with Gasteiger partial charge in [0.1, 0.15) is 0 Å². The number of likely N-dealkylation sites (tertiary alicyclic amines) is 1. The zero-order valence-electron chi connectivity index (χ0n) is 19.9. The minimum atomic E-state index is -4.46. The Morgan fingerprint density at radius 1 is 1.08 bits per heavy atom. The molecule has 1 heterocycles. The van der Waals surface area contributed by atoms with Crippen LogP contribution in [0, 0.1) is 0 Å². The lowest BCUT2D eigenvalue weighted by molar-refractivity contribution is -0.157. The van der Waals surface area contributed by atoms with E-state index in [1.165, 1.54) is 21.9 Å². The van der Waals surface area contributed by atoms with Crippen LogP contribution in [0.4, 0.5) is 18.9 Å². The maximum atomic E-state index is 13.2. The Morgan fingerprint density at radius 2 is 1.75 bits per heavy atom. The molecule has 1 N–H and O–H groups in total. The van der Waals surface area contributed by atoms with Crippen molar-refractivity contribution in [3.05, 3.63) is 65.7 Å². The van der Waals surface area contributed by atoms with Gasteiger partial charge in [-0.25, -0.2) is 4.79 Å². The van der Waals surface area contributed by atoms with Gasteiger partial charge in [0.2, 0.25) is 11.8 Å². The number of aliphatic hydroxyl groups excluding tert-OH is 1. The molecule has 2 amide bonds. The number of alkyl halides is 3. The highest BCUT2D eigenvalue weighted by molar-refractivity contribution is 5.95. The van der Waals surface area contributed by atoms with E-state index in [2.05, 4.69) is 0 Å². The fourth-order valence-corrected chi connectivity index (χ4v) is 4.22. The molecule has 10 heteroatoms. The van der Waals surface area contributed by atoms with Crippen LogP contribution in [0.3, 0.4) is 0 Å². The minimum Gasteiger partial charge on any atom is -0.464 e. The molecule has 0 radical (unpaired) electrons. The second kappa shape index (κ2) is 12.0. The zero-order valence-corrected chi connectivity index (χ0v) is 19.9. The van der Waals surface area contributed by atoms with Crippen LogP contribution in [0.15, 0.2) is 54.6 Å². The summed E-state index contributed by atoms with van der Waals surface area (Å²) < 4.78 is 43.5. The normalized spacial score (nSPS) is 16.5. The van der Waals surface area contributed by atoms with Crippen LogP contribution in [-0.2, 0) is 31.8 Å². The highest BCUT2D eigenvalue weighted by atomic mass is 19.4. The van der Waals surface area contributed by atoms with Crippen molar-refractivity contribution >= 4 is 23.5 Å². The van der Waals surface area contributed by atoms with Gasteiger partial charge in [-0.1, -0.05) is 30.3 Å². The molecule has 0 saturated carbocycles. The van der Waals surface area contributed by atoms with E-state index < -0.39 is 29.9 Å². The van der Waals surface area contributed by atoms with Gasteiger partial charge in [0, 0.05) is 25.1 Å². The van der Waals surface area contributed by atoms with E-state index in [4.69, 9.17) is 4.74 Å². The maximum Gasteiger partial charge on any atom is 0.416 e. The van der Waals surface area contributed by atoms with E-state index in [1.54, 1.807) is 37.3 Å². The quantitative estimate of drug-likeness (QED) is 0.521. The third-order valence-electron chi connectivity index (χ3n) is 6.06. The fraction of sp³-hybridized carbons (Fsp3) is 0.423. The molecule has 1 saturated heterocycles. The molecule has 2 aromatic carbocycles. The lowest BCUT2D eigenvalue weighted by atomic mass is 10.1. The van der Waals surface area contributed by atoms with Gasteiger partial charge in [-0.3, -0.25) is 9.59 Å². The van der Waals surface area contributed by atoms with Gasteiger partial charge < -0.3 is 19.6 Å². The molecule has 2 atom stereocenters. The number of esters is 1. The first-order valence-electron chi connectivity index (χ1n) is 11.8. The predicted octanol–water partition coefficient (Wildman–Crippen LogP) is 3.93. The zero-order chi connectivity index (χ0) is 26.3. The molecule has 1 aliphatic heterocycles. The standard InChI is InChI=1S/C26H29F3N2O5/c1-2-36-25(35)24(34)21-9-6-16-30(21)22(32)14-15-23(33)31(20-7-4-3-5-8-20)17-18-10-12-19(13-11-18)26(27,28)29/h3-5,7-8,10-13,21,24,34H,2,6,9,14-17H2,1H3/t21-,24?/m0/s1. The van der Waals surface area contributed by atoms with Crippen molar-refractivity contribution in [2.45, 2.75) is 57.5 Å². The summed E-state index contributed by atoms with van der Waals surface area (Å²) >= 11 is 0. The Labute approximate surface area is 207 Å².